The van der Waals surface area contributed by atoms with Crippen molar-refractivity contribution in [1.82, 2.24) is 4.72 Å². The van der Waals surface area contributed by atoms with E-state index in [2.05, 4.69) is 4.72 Å². The molecule has 0 saturated heterocycles. The van der Waals surface area contributed by atoms with Crippen molar-refractivity contribution in [1.29, 1.82) is 0 Å². The van der Waals surface area contributed by atoms with Crippen LogP contribution in [0.3, 0.4) is 0 Å². The number of hydrogen-bond donors (Lipinski definition) is 1. The highest BCUT2D eigenvalue weighted by Crippen LogP contribution is 2.21. The Labute approximate surface area is 154 Å². The highest BCUT2D eigenvalue weighted by molar-refractivity contribution is 7.89. The van der Waals surface area contributed by atoms with E-state index >= 15 is 0 Å². The lowest BCUT2D eigenvalue weighted by Crippen LogP contribution is -2.38. The molecule has 2 aromatic carbocycles. The maximum absolute atomic E-state index is 12.4. The topological polar surface area (TPSA) is 75.7 Å². The Kier molecular flexibility index (Phi) is 6.39. The minimum atomic E-state index is -3.65. The Hall–Kier alpha value is -2.38. The van der Waals surface area contributed by atoms with Gasteiger partial charge in [-0.25, -0.2) is 13.1 Å². The highest BCUT2D eigenvalue weighted by atomic mass is 32.2. The molecule has 0 atom stereocenters. The molecule has 7 heteroatoms. The molecule has 0 aliphatic heterocycles. The van der Waals surface area contributed by atoms with E-state index in [4.69, 9.17) is 4.74 Å². The summed E-state index contributed by atoms with van der Waals surface area (Å²) >= 11 is 0. The first-order chi connectivity index (χ1) is 12.2. The lowest BCUT2D eigenvalue weighted by molar-refractivity contribution is -0.116. The summed E-state index contributed by atoms with van der Waals surface area (Å²) in [6, 6.07) is 12.0. The molecule has 0 unspecified atom stereocenters. The fraction of sp³-hybridized carbons (Fsp3) is 0.316. The van der Waals surface area contributed by atoms with E-state index < -0.39 is 10.0 Å². The SMILES string of the molecule is COc1ccc(S(=O)(=O)NCCN(C(C)=O)c2cc(C)ccc2C)cc1. The summed E-state index contributed by atoms with van der Waals surface area (Å²) < 4.78 is 32.3. The number of nitrogens with zero attached hydrogens (tertiary/aromatic N) is 1. The van der Waals surface area contributed by atoms with Crippen molar-refractivity contribution in [3.63, 3.8) is 0 Å². The van der Waals surface area contributed by atoms with Gasteiger partial charge in [-0.15, -0.1) is 0 Å². The van der Waals surface area contributed by atoms with Crippen LogP contribution in [0.5, 0.6) is 5.75 Å². The highest BCUT2D eigenvalue weighted by Gasteiger charge is 2.17. The van der Waals surface area contributed by atoms with Gasteiger partial charge in [0.15, 0.2) is 0 Å². The number of methoxy groups -OCH3 is 1. The van der Waals surface area contributed by atoms with Crippen LogP contribution in [0.15, 0.2) is 47.4 Å². The van der Waals surface area contributed by atoms with E-state index in [0.29, 0.717) is 5.75 Å². The molecule has 0 radical (unpaired) electrons. The van der Waals surface area contributed by atoms with E-state index in [1.807, 2.05) is 32.0 Å². The lowest BCUT2D eigenvalue weighted by Gasteiger charge is -2.23. The molecule has 0 aliphatic carbocycles. The molecular weight excluding hydrogens is 352 g/mol. The maximum Gasteiger partial charge on any atom is 0.240 e. The Bertz CT molecular complexity index is 877. The fourth-order valence-electron chi connectivity index (χ4n) is 2.59. The number of hydrogen-bond acceptors (Lipinski definition) is 4. The van der Waals surface area contributed by atoms with Crippen molar-refractivity contribution in [2.24, 2.45) is 0 Å². The zero-order valence-electron chi connectivity index (χ0n) is 15.4. The molecule has 2 aromatic rings. The minimum absolute atomic E-state index is 0.112. The summed E-state index contributed by atoms with van der Waals surface area (Å²) in [4.78, 5) is 13.8. The molecule has 0 heterocycles. The van der Waals surface area contributed by atoms with Gasteiger partial charge >= 0.3 is 0 Å². The van der Waals surface area contributed by atoms with Crippen LogP contribution in [0, 0.1) is 13.8 Å². The van der Waals surface area contributed by atoms with Gasteiger partial charge in [-0.2, -0.15) is 0 Å². The summed E-state index contributed by atoms with van der Waals surface area (Å²) in [5.74, 6) is 0.448. The van der Waals surface area contributed by atoms with Crippen LogP contribution in [0.4, 0.5) is 5.69 Å². The third-order valence-corrected chi connectivity index (χ3v) is 5.51. The van der Waals surface area contributed by atoms with Crippen LogP contribution in [0.1, 0.15) is 18.1 Å². The number of carbonyl (C=O) groups is 1. The summed E-state index contributed by atoms with van der Waals surface area (Å²) in [6.45, 7) is 5.70. The van der Waals surface area contributed by atoms with E-state index in [1.54, 1.807) is 17.0 Å². The molecule has 0 spiro atoms. The number of nitrogens with one attached hydrogen (secondary N) is 1. The average Bonchev–Trinajstić information content (AvgIpc) is 2.61. The van der Waals surface area contributed by atoms with E-state index in [0.717, 1.165) is 16.8 Å². The first-order valence-corrected chi connectivity index (χ1v) is 9.72. The summed E-state index contributed by atoms with van der Waals surface area (Å²) in [5.41, 5.74) is 2.79. The van der Waals surface area contributed by atoms with Gasteiger partial charge in [0, 0.05) is 25.7 Å². The molecule has 0 bridgehead atoms. The second-order valence-electron chi connectivity index (χ2n) is 6.03. The van der Waals surface area contributed by atoms with E-state index in [-0.39, 0.29) is 23.9 Å². The predicted octanol–water partition coefficient (Wildman–Crippen LogP) is 2.64. The van der Waals surface area contributed by atoms with Crippen molar-refractivity contribution >= 4 is 21.6 Å². The molecule has 26 heavy (non-hydrogen) atoms. The number of carbonyl (C=O) groups excluding carboxylic acids is 1. The minimum Gasteiger partial charge on any atom is -0.497 e. The van der Waals surface area contributed by atoms with E-state index in [9.17, 15) is 13.2 Å². The zero-order chi connectivity index (χ0) is 19.3. The molecule has 1 amide bonds. The van der Waals surface area contributed by atoms with Gasteiger partial charge in [0.05, 0.1) is 12.0 Å². The van der Waals surface area contributed by atoms with Crippen LogP contribution in [0.2, 0.25) is 0 Å². The van der Waals surface area contributed by atoms with Crippen molar-refractivity contribution in [2.45, 2.75) is 25.7 Å². The molecule has 140 valence electrons. The monoisotopic (exact) mass is 376 g/mol. The summed E-state index contributed by atoms with van der Waals surface area (Å²) in [5, 5.41) is 0. The molecule has 0 aromatic heterocycles. The first-order valence-electron chi connectivity index (χ1n) is 8.23. The zero-order valence-corrected chi connectivity index (χ0v) is 16.3. The number of benzene rings is 2. The normalized spacial score (nSPS) is 11.2. The van der Waals surface area contributed by atoms with Crippen LogP contribution in [0.25, 0.3) is 0 Å². The fourth-order valence-corrected chi connectivity index (χ4v) is 3.61. The Morgan fingerprint density at radius 2 is 1.77 bits per heavy atom. The molecule has 6 nitrogen and oxygen atoms in total. The number of aryl methyl sites for hydroxylation is 2. The van der Waals surface area contributed by atoms with Crippen LogP contribution in [-0.4, -0.2) is 34.5 Å². The molecular formula is C19H24N2O4S. The molecule has 2 rings (SSSR count). The molecule has 1 N–H and O–H groups in total. The first kappa shape index (κ1) is 19.9. The van der Waals surface area contributed by atoms with Gasteiger partial charge in [-0.3, -0.25) is 4.79 Å². The Balaban J connectivity index is 2.09. The van der Waals surface area contributed by atoms with Crippen LogP contribution >= 0.6 is 0 Å². The molecule has 0 fully saturated rings. The van der Waals surface area contributed by atoms with Crippen LogP contribution in [-0.2, 0) is 14.8 Å². The third kappa shape index (κ3) is 4.83. The number of sulfonamides is 1. The van der Waals surface area contributed by atoms with Gasteiger partial charge in [-0.1, -0.05) is 12.1 Å². The largest absolute Gasteiger partial charge is 0.497 e. The molecule has 0 saturated carbocycles. The number of amides is 1. The van der Waals surface area contributed by atoms with Gasteiger partial charge in [-0.05, 0) is 55.3 Å². The van der Waals surface area contributed by atoms with Crippen LogP contribution < -0.4 is 14.4 Å². The molecule has 0 aliphatic rings. The number of anilines is 1. The van der Waals surface area contributed by atoms with Gasteiger partial charge in [0.1, 0.15) is 5.75 Å². The number of ether oxygens (including phenoxy) is 1. The van der Waals surface area contributed by atoms with Crippen molar-refractivity contribution in [3.05, 3.63) is 53.6 Å². The smallest absolute Gasteiger partial charge is 0.240 e. The third-order valence-electron chi connectivity index (χ3n) is 4.03. The van der Waals surface area contributed by atoms with Gasteiger partial charge < -0.3 is 9.64 Å². The van der Waals surface area contributed by atoms with Crippen molar-refractivity contribution < 1.29 is 17.9 Å². The maximum atomic E-state index is 12.4. The van der Waals surface area contributed by atoms with Crippen molar-refractivity contribution in [3.8, 4) is 5.75 Å². The second kappa shape index (κ2) is 8.33. The summed E-state index contributed by atoms with van der Waals surface area (Å²) in [7, 11) is -2.13. The van der Waals surface area contributed by atoms with Gasteiger partial charge in [0.25, 0.3) is 0 Å². The average molecular weight is 376 g/mol. The standard InChI is InChI=1S/C19H24N2O4S/c1-14-5-6-15(2)19(13-14)21(16(3)22)12-11-20-26(23,24)18-9-7-17(25-4)8-10-18/h5-10,13,20H,11-12H2,1-4H3. The quantitative estimate of drug-likeness (QED) is 0.806. The van der Waals surface area contributed by atoms with Crippen molar-refractivity contribution in [2.75, 3.05) is 25.1 Å². The summed E-state index contributed by atoms with van der Waals surface area (Å²) in [6.07, 6.45) is 0. The Morgan fingerprint density at radius 1 is 1.12 bits per heavy atom. The van der Waals surface area contributed by atoms with E-state index in [1.165, 1.54) is 26.2 Å². The Morgan fingerprint density at radius 3 is 2.35 bits per heavy atom. The lowest BCUT2D eigenvalue weighted by atomic mass is 10.1. The number of rotatable bonds is 7. The van der Waals surface area contributed by atoms with Gasteiger partial charge in [0.2, 0.25) is 15.9 Å². The second-order valence-corrected chi connectivity index (χ2v) is 7.80. The predicted molar refractivity (Wildman–Crippen MR) is 102 cm³/mol.